The summed E-state index contributed by atoms with van der Waals surface area (Å²) in [5.74, 6) is -4.11. The van der Waals surface area contributed by atoms with Crippen molar-refractivity contribution in [1.82, 2.24) is 0 Å². The largest absolute Gasteiger partial charge is 0.504 e. The van der Waals surface area contributed by atoms with Gasteiger partial charge in [-0.25, -0.2) is 0 Å². The highest BCUT2D eigenvalue weighted by molar-refractivity contribution is 6.02. The van der Waals surface area contributed by atoms with Crippen molar-refractivity contribution in [3.8, 4) is 39.9 Å². The molecule has 0 aliphatic carbocycles. The molecule has 0 radical (unpaired) electrons. The molecule has 5 N–H and O–H groups in total. The van der Waals surface area contributed by atoms with Gasteiger partial charge in [0.15, 0.2) is 11.5 Å². The molecule has 0 aromatic heterocycles. The number of hydrogen-bond acceptors (Lipinski definition) is 5. The Hall–Kier alpha value is -3.08. The molecule has 0 saturated heterocycles. The molecule has 0 atom stereocenters. The molecular formula is C17H14O5. The van der Waals surface area contributed by atoms with Crippen LogP contribution in [0.1, 0.15) is 5.56 Å². The first-order chi connectivity index (χ1) is 10.4. The van der Waals surface area contributed by atoms with Gasteiger partial charge in [-0.15, -0.1) is 0 Å². The molecule has 3 aromatic rings. The van der Waals surface area contributed by atoms with Crippen molar-refractivity contribution >= 4 is 10.8 Å². The lowest BCUT2D eigenvalue weighted by Gasteiger charge is -2.14. The average molecular weight is 298 g/mol. The van der Waals surface area contributed by atoms with Crippen LogP contribution >= 0.6 is 0 Å². The fourth-order valence-electron chi connectivity index (χ4n) is 2.63. The maximum atomic E-state index is 10.1. The number of hydrogen-bond donors (Lipinski definition) is 5. The molecule has 0 aliphatic heterocycles. The van der Waals surface area contributed by atoms with E-state index in [9.17, 15) is 25.5 Å². The normalized spacial score (nSPS) is 11.0. The van der Waals surface area contributed by atoms with Gasteiger partial charge in [0.1, 0.15) is 0 Å². The van der Waals surface area contributed by atoms with Gasteiger partial charge in [0.2, 0.25) is 17.2 Å². The summed E-state index contributed by atoms with van der Waals surface area (Å²) >= 11 is 0. The Labute approximate surface area is 126 Å². The van der Waals surface area contributed by atoms with E-state index >= 15 is 0 Å². The second kappa shape index (κ2) is 4.73. The number of rotatable bonds is 1. The van der Waals surface area contributed by atoms with E-state index in [0.717, 1.165) is 16.3 Å². The van der Waals surface area contributed by atoms with Crippen LogP contribution < -0.4 is 0 Å². The first-order valence-corrected chi connectivity index (χ1v) is 6.61. The van der Waals surface area contributed by atoms with Crippen LogP contribution in [0.2, 0.25) is 0 Å². The Morgan fingerprint density at radius 3 is 1.73 bits per heavy atom. The van der Waals surface area contributed by atoms with Gasteiger partial charge in [-0.05, 0) is 28.8 Å². The lowest BCUT2D eigenvalue weighted by Crippen LogP contribution is -1.87. The summed E-state index contributed by atoms with van der Waals surface area (Å²) in [7, 11) is 0. The van der Waals surface area contributed by atoms with Crippen molar-refractivity contribution in [2.45, 2.75) is 6.92 Å². The van der Waals surface area contributed by atoms with Crippen molar-refractivity contribution in [1.29, 1.82) is 0 Å². The Morgan fingerprint density at radius 2 is 1.09 bits per heavy atom. The van der Waals surface area contributed by atoms with Gasteiger partial charge in [-0.2, -0.15) is 0 Å². The van der Waals surface area contributed by atoms with E-state index in [1.54, 1.807) is 18.2 Å². The lowest BCUT2D eigenvalue weighted by molar-refractivity contribution is 0.330. The van der Waals surface area contributed by atoms with E-state index < -0.39 is 28.7 Å². The van der Waals surface area contributed by atoms with Gasteiger partial charge in [0, 0.05) is 0 Å². The van der Waals surface area contributed by atoms with Gasteiger partial charge in [0.25, 0.3) is 0 Å². The molecule has 0 heterocycles. The van der Waals surface area contributed by atoms with Crippen molar-refractivity contribution in [2.75, 3.05) is 0 Å². The molecule has 0 amide bonds. The molecule has 3 rings (SSSR count). The second-order valence-corrected chi connectivity index (χ2v) is 5.09. The number of phenolic OH excluding ortho intramolecular Hbond substituents is 5. The summed E-state index contributed by atoms with van der Waals surface area (Å²) in [4.78, 5) is 0. The van der Waals surface area contributed by atoms with Crippen LogP contribution in [0.15, 0.2) is 36.4 Å². The third-order valence-corrected chi connectivity index (χ3v) is 3.78. The van der Waals surface area contributed by atoms with Gasteiger partial charge >= 0.3 is 0 Å². The summed E-state index contributed by atoms with van der Waals surface area (Å²) in [6.45, 7) is 1.93. The van der Waals surface area contributed by atoms with Crippen LogP contribution in [0.4, 0.5) is 0 Å². The zero-order valence-electron chi connectivity index (χ0n) is 11.7. The number of fused-ring (bicyclic) bond motifs is 1. The SMILES string of the molecule is Cc1cccc2c(-c3c(O)c(O)c(O)c(O)c3O)cccc12. The van der Waals surface area contributed by atoms with Crippen molar-refractivity contribution in [3.63, 3.8) is 0 Å². The summed E-state index contributed by atoms with van der Waals surface area (Å²) in [5, 5.41) is 50.7. The number of benzene rings is 3. The average Bonchev–Trinajstić information content (AvgIpc) is 2.52. The summed E-state index contributed by atoms with van der Waals surface area (Å²) in [6, 6.07) is 10.8. The fourth-order valence-corrected chi connectivity index (χ4v) is 2.63. The fraction of sp³-hybridized carbons (Fsp3) is 0.0588. The van der Waals surface area contributed by atoms with Gasteiger partial charge < -0.3 is 25.5 Å². The maximum Gasteiger partial charge on any atom is 0.208 e. The number of aromatic hydroxyl groups is 5. The van der Waals surface area contributed by atoms with Crippen LogP contribution in [-0.2, 0) is 0 Å². The first kappa shape index (κ1) is 13.9. The molecule has 0 fully saturated rings. The Kier molecular flexibility index (Phi) is 2.99. The van der Waals surface area contributed by atoms with Gasteiger partial charge in [0.05, 0.1) is 5.56 Å². The molecule has 0 saturated carbocycles. The minimum absolute atomic E-state index is 0.135. The molecule has 0 bridgehead atoms. The molecule has 0 unspecified atom stereocenters. The Balaban J connectivity index is 2.46. The zero-order valence-corrected chi connectivity index (χ0v) is 11.7. The van der Waals surface area contributed by atoms with Crippen LogP contribution in [-0.4, -0.2) is 25.5 Å². The highest BCUT2D eigenvalue weighted by Gasteiger charge is 2.25. The molecular weight excluding hydrogens is 284 g/mol. The maximum absolute atomic E-state index is 10.1. The summed E-state index contributed by atoms with van der Waals surface area (Å²) < 4.78 is 0. The molecule has 112 valence electrons. The lowest BCUT2D eigenvalue weighted by atomic mass is 9.94. The van der Waals surface area contributed by atoms with E-state index in [0.29, 0.717) is 5.56 Å². The van der Waals surface area contributed by atoms with E-state index in [1.165, 1.54) is 0 Å². The first-order valence-electron chi connectivity index (χ1n) is 6.61. The number of phenols is 5. The molecule has 0 spiro atoms. The standard InChI is InChI=1S/C17H14O5/c1-8-4-2-6-10-9(8)5-3-7-11(10)12-13(18)15(20)17(22)16(21)14(12)19/h2-7,18-22H,1H3. The van der Waals surface area contributed by atoms with Crippen LogP contribution in [0.25, 0.3) is 21.9 Å². The highest BCUT2D eigenvalue weighted by Crippen LogP contribution is 2.55. The monoisotopic (exact) mass is 298 g/mol. The highest BCUT2D eigenvalue weighted by atomic mass is 16.4. The zero-order chi connectivity index (χ0) is 16.0. The minimum Gasteiger partial charge on any atom is -0.504 e. The Bertz CT molecular complexity index is 870. The van der Waals surface area contributed by atoms with E-state index in [4.69, 9.17) is 0 Å². The predicted molar refractivity (Wildman–Crippen MR) is 82.4 cm³/mol. The van der Waals surface area contributed by atoms with Crippen LogP contribution in [0.5, 0.6) is 28.7 Å². The summed E-state index contributed by atoms with van der Waals surface area (Å²) in [6.07, 6.45) is 0. The van der Waals surface area contributed by atoms with E-state index in [-0.39, 0.29) is 5.56 Å². The third kappa shape index (κ3) is 1.79. The number of aryl methyl sites for hydroxylation is 1. The molecule has 22 heavy (non-hydrogen) atoms. The van der Waals surface area contributed by atoms with Crippen molar-refractivity contribution in [2.24, 2.45) is 0 Å². The van der Waals surface area contributed by atoms with Crippen molar-refractivity contribution in [3.05, 3.63) is 42.0 Å². The van der Waals surface area contributed by atoms with Gasteiger partial charge in [-0.3, -0.25) is 0 Å². The molecule has 3 aromatic carbocycles. The third-order valence-electron chi connectivity index (χ3n) is 3.78. The van der Waals surface area contributed by atoms with Crippen LogP contribution in [0, 0.1) is 6.92 Å². The Morgan fingerprint density at radius 1 is 0.591 bits per heavy atom. The summed E-state index contributed by atoms with van der Waals surface area (Å²) in [5.41, 5.74) is 1.30. The molecule has 5 nitrogen and oxygen atoms in total. The van der Waals surface area contributed by atoms with E-state index in [1.807, 2.05) is 25.1 Å². The second-order valence-electron chi connectivity index (χ2n) is 5.09. The van der Waals surface area contributed by atoms with E-state index in [2.05, 4.69) is 0 Å². The quantitative estimate of drug-likeness (QED) is 0.350. The molecule has 0 aliphatic rings. The van der Waals surface area contributed by atoms with Gasteiger partial charge in [-0.1, -0.05) is 36.4 Å². The topological polar surface area (TPSA) is 101 Å². The smallest absolute Gasteiger partial charge is 0.208 e. The van der Waals surface area contributed by atoms with Crippen LogP contribution in [0.3, 0.4) is 0 Å². The predicted octanol–water partition coefficient (Wildman–Crippen LogP) is 3.34. The van der Waals surface area contributed by atoms with Crippen molar-refractivity contribution < 1.29 is 25.5 Å². The minimum atomic E-state index is -0.963. The molecule has 5 heteroatoms.